The number of nitriles is 1. The number of thiazole rings is 1. The Morgan fingerprint density at radius 3 is 2.63 bits per heavy atom. The lowest BCUT2D eigenvalue weighted by molar-refractivity contribution is 1.36. The van der Waals surface area contributed by atoms with Crippen molar-refractivity contribution in [2.24, 2.45) is 0 Å². The average Bonchev–Trinajstić information content (AvgIpc) is 3.19. The number of rotatable bonds is 4. The summed E-state index contributed by atoms with van der Waals surface area (Å²) in [4.78, 5) is 4.64. The standard InChI is InChI=1S/C23H17N3S/c1-16-9-11-18(12-10-16)22-15-27-23(26-22)19(13-24)14-25-21-8-4-6-17-5-2-3-7-20(17)21/h2-12,14-15,25H,1H3/b19-14-. The van der Waals surface area contributed by atoms with Gasteiger partial charge < -0.3 is 5.32 Å². The molecule has 0 fully saturated rings. The van der Waals surface area contributed by atoms with Crippen LogP contribution in [0.3, 0.4) is 0 Å². The second-order valence-corrected chi connectivity index (χ2v) is 7.10. The van der Waals surface area contributed by atoms with Crippen molar-refractivity contribution in [1.82, 2.24) is 4.98 Å². The van der Waals surface area contributed by atoms with Crippen LogP contribution in [-0.2, 0) is 0 Å². The molecule has 0 aliphatic carbocycles. The summed E-state index contributed by atoms with van der Waals surface area (Å²) in [5, 5.41) is 17.8. The monoisotopic (exact) mass is 367 g/mol. The number of allylic oxidation sites excluding steroid dienone is 1. The average molecular weight is 367 g/mol. The molecule has 1 heterocycles. The first-order valence-electron chi connectivity index (χ1n) is 8.62. The molecule has 0 bridgehead atoms. The fourth-order valence-corrected chi connectivity index (χ4v) is 3.69. The number of fused-ring (bicyclic) bond motifs is 1. The molecule has 3 aromatic carbocycles. The number of anilines is 1. The van der Waals surface area contributed by atoms with Gasteiger partial charge in [0.05, 0.1) is 5.69 Å². The van der Waals surface area contributed by atoms with E-state index in [1.165, 1.54) is 16.9 Å². The lowest BCUT2D eigenvalue weighted by atomic mass is 10.1. The Labute approximate surface area is 162 Å². The molecule has 3 nitrogen and oxygen atoms in total. The van der Waals surface area contributed by atoms with E-state index in [-0.39, 0.29) is 0 Å². The van der Waals surface area contributed by atoms with E-state index in [0.29, 0.717) is 10.6 Å². The van der Waals surface area contributed by atoms with Gasteiger partial charge in [0.2, 0.25) is 0 Å². The predicted molar refractivity (Wildman–Crippen MR) is 113 cm³/mol. The highest BCUT2D eigenvalue weighted by Crippen LogP contribution is 2.27. The van der Waals surface area contributed by atoms with E-state index in [4.69, 9.17) is 0 Å². The summed E-state index contributed by atoms with van der Waals surface area (Å²) < 4.78 is 0. The Morgan fingerprint density at radius 1 is 1.04 bits per heavy atom. The highest BCUT2D eigenvalue weighted by molar-refractivity contribution is 7.11. The molecule has 0 amide bonds. The van der Waals surface area contributed by atoms with Crippen molar-refractivity contribution in [3.05, 3.63) is 88.9 Å². The number of aromatic nitrogens is 1. The third kappa shape index (κ3) is 3.59. The summed E-state index contributed by atoms with van der Waals surface area (Å²) in [7, 11) is 0. The molecule has 0 saturated carbocycles. The van der Waals surface area contributed by atoms with Crippen LogP contribution in [0.1, 0.15) is 10.6 Å². The second kappa shape index (κ2) is 7.45. The number of benzene rings is 3. The molecule has 4 heteroatoms. The molecule has 0 spiro atoms. The van der Waals surface area contributed by atoms with Gasteiger partial charge in [0.25, 0.3) is 0 Å². The zero-order chi connectivity index (χ0) is 18.6. The third-order valence-corrected chi connectivity index (χ3v) is 5.24. The second-order valence-electron chi connectivity index (χ2n) is 6.24. The van der Waals surface area contributed by atoms with Crippen LogP contribution in [0.25, 0.3) is 27.6 Å². The first-order valence-corrected chi connectivity index (χ1v) is 9.50. The maximum absolute atomic E-state index is 9.60. The molecule has 4 rings (SSSR count). The normalized spacial score (nSPS) is 11.3. The third-order valence-electron chi connectivity index (χ3n) is 4.36. The molecule has 27 heavy (non-hydrogen) atoms. The van der Waals surface area contributed by atoms with Crippen LogP contribution in [0.5, 0.6) is 0 Å². The molecule has 4 aromatic rings. The fourth-order valence-electron chi connectivity index (χ4n) is 2.90. The van der Waals surface area contributed by atoms with Crippen molar-refractivity contribution in [1.29, 1.82) is 5.26 Å². The van der Waals surface area contributed by atoms with Gasteiger partial charge in [0.15, 0.2) is 0 Å². The molecular formula is C23H17N3S. The SMILES string of the molecule is Cc1ccc(-c2csc(/C(C#N)=C\Nc3cccc4ccccc34)n2)cc1. The first-order chi connectivity index (χ1) is 13.2. The van der Waals surface area contributed by atoms with E-state index in [1.54, 1.807) is 6.20 Å². The van der Waals surface area contributed by atoms with Gasteiger partial charge in [-0.3, -0.25) is 0 Å². The van der Waals surface area contributed by atoms with Crippen molar-refractivity contribution < 1.29 is 0 Å². The van der Waals surface area contributed by atoms with Crippen molar-refractivity contribution >= 4 is 33.4 Å². The Bertz CT molecular complexity index is 1160. The topological polar surface area (TPSA) is 48.7 Å². The van der Waals surface area contributed by atoms with Gasteiger partial charge in [-0.25, -0.2) is 4.98 Å². The quantitative estimate of drug-likeness (QED) is 0.434. The number of hydrogen-bond acceptors (Lipinski definition) is 4. The number of nitrogens with zero attached hydrogens (tertiary/aromatic N) is 2. The maximum atomic E-state index is 9.60. The highest BCUT2D eigenvalue weighted by atomic mass is 32.1. The lowest BCUT2D eigenvalue weighted by Crippen LogP contribution is -1.92. The molecule has 0 aliphatic heterocycles. The van der Waals surface area contributed by atoms with Crippen LogP contribution in [0.2, 0.25) is 0 Å². The van der Waals surface area contributed by atoms with Crippen LogP contribution in [0.4, 0.5) is 5.69 Å². The van der Waals surface area contributed by atoms with E-state index >= 15 is 0 Å². The summed E-state index contributed by atoms with van der Waals surface area (Å²) in [6.45, 7) is 2.06. The number of aryl methyl sites for hydroxylation is 1. The molecular weight excluding hydrogens is 350 g/mol. The molecule has 1 N–H and O–H groups in total. The summed E-state index contributed by atoms with van der Waals surface area (Å²) in [5.74, 6) is 0. The number of hydrogen-bond donors (Lipinski definition) is 1. The largest absolute Gasteiger partial charge is 0.360 e. The number of nitrogens with one attached hydrogen (secondary N) is 1. The Balaban J connectivity index is 1.62. The van der Waals surface area contributed by atoms with Crippen LogP contribution >= 0.6 is 11.3 Å². The lowest BCUT2D eigenvalue weighted by Gasteiger charge is -2.06. The van der Waals surface area contributed by atoms with E-state index in [9.17, 15) is 5.26 Å². The minimum atomic E-state index is 0.520. The Morgan fingerprint density at radius 2 is 1.81 bits per heavy atom. The first kappa shape index (κ1) is 17.0. The van der Waals surface area contributed by atoms with Crippen molar-refractivity contribution in [2.75, 3.05) is 5.32 Å². The fraction of sp³-hybridized carbons (Fsp3) is 0.0435. The smallest absolute Gasteiger partial charge is 0.136 e. The molecule has 130 valence electrons. The van der Waals surface area contributed by atoms with Gasteiger partial charge in [0.1, 0.15) is 16.6 Å². The van der Waals surface area contributed by atoms with E-state index in [0.717, 1.165) is 27.7 Å². The molecule has 0 aliphatic rings. The predicted octanol–water partition coefficient (Wildman–Crippen LogP) is 6.25. The summed E-state index contributed by atoms with van der Waals surface area (Å²) in [6.07, 6.45) is 1.74. The van der Waals surface area contributed by atoms with Gasteiger partial charge in [-0.05, 0) is 18.4 Å². The van der Waals surface area contributed by atoms with Gasteiger partial charge >= 0.3 is 0 Å². The van der Waals surface area contributed by atoms with Crippen molar-refractivity contribution in [3.63, 3.8) is 0 Å². The van der Waals surface area contributed by atoms with Gasteiger partial charge in [-0.1, -0.05) is 66.2 Å². The van der Waals surface area contributed by atoms with Crippen LogP contribution in [0.15, 0.2) is 78.3 Å². The molecule has 0 radical (unpaired) electrons. The zero-order valence-corrected chi connectivity index (χ0v) is 15.6. The molecule has 0 atom stereocenters. The molecule has 1 aromatic heterocycles. The van der Waals surface area contributed by atoms with Gasteiger partial charge in [-0.15, -0.1) is 11.3 Å². The van der Waals surface area contributed by atoms with Gasteiger partial charge in [-0.2, -0.15) is 5.26 Å². The Hall–Kier alpha value is -3.42. The summed E-state index contributed by atoms with van der Waals surface area (Å²) in [5.41, 5.74) is 4.65. The van der Waals surface area contributed by atoms with Crippen molar-refractivity contribution in [3.8, 4) is 17.3 Å². The minimum Gasteiger partial charge on any atom is -0.360 e. The van der Waals surface area contributed by atoms with Crippen molar-refractivity contribution in [2.45, 2.75) is 6.92 Å². The summed E-state index contributed by atoms with van der Waals surface area (Å²) >= 11 is 1.48. The van der Waals surface area contributed by atoms with E-state index < -0.39 is 0 Å². The summed E-state index contributed by atoms with van der Waals surface area (Å²) in [6, 6.07) is 24.8. The molecule has 0 unspecified atom stereocenters. The zero-order valence-electron chi connectivity index (χ0n) is 14.8. The Kier molecular flexibility index (Phi) is 4.69. The van der Waals surface area contributed by atoms with Crippen LogP contribution < -0.4 is 5.32 Å². The highest BCUT2D eigenvalue weighted by Gasteiger charge is 2.09. The van der Waals surface area contributed by atoms with E-state index in [1.807, 2.05) is 29.6 Å². The van der Waals surface area contributed by atoms with Crippen LogP contribution in [0, 0.1) is 18.3 Å². The van der Waals surface area contributed by atoms with Gasteiger partial charge in [0, 0.05) is 28.2 Å². The van der Waals surface area contributed by atoms with Crippen LogP contribution in [-0.4, -0.2) is 4.98 Å². The minimum absolute atomic E-state index is 0.520. The maximum Gasteiger partial charge on any atom is 0.136 e. The molecule has 0 saturated heterocycles. The van der Waals surface area contributed by atoms with E-state index in [2.05, 4.69) is 65.8 Å².